The first-order chi connectivity index (χ1) is 16.0. The number of alkyl halides is 3. The van der Waals surface area contributed by atoms with Crippen molar-refractivity contribution in [3.05, 3.63) is 57.9 Å². The summed E-state index contributed by atoms with van der Waals surface area (Å²) in [5, 5.41) is 3.71. The van der Waals surface area contributed by atoms with Gasteiger partial charge in [0.05, 0.1) is 9.88 Å². The van der Waals surface area contributed by atoms with E-state index in [1.165, 1.54) is 30.4 Å². The number of nitrogens with zero attached hydrogens (tertiary/aromatic N) is 4. The van der Waals surface area contributed by atoms with Gasteiger partial charge in [-0.1, -0.05) is 12.1 Å². The van der Waals surface area contributed by atoms with Gasteiger partial charge in [0.1, 0.15) is 17.3 Å². The lowest BCUT2D eigenvalue weighted by atomic mass is 10.1. The van der Waals surface area contributed by atoms with E-state index in [-0.39, 0.29) is 35.8 Å². The van der Waals surface area contributed by atoms with Crippen LogP contribution in [0.2, 0.25) is 0 Å². The van der Waals surface area contributed by atoms with Crippen molar-refractivity contribution in [3.63, 3.8) is 0 Å². The van der Waals surface area contributed by atoms with Crippen LogP contribution in [0.3, 0.4) is 0 Å². The number of thiazole rings is 1. The molecule has 0 aliphatic carbocycles. The molecule has 0 unspecified atom stereocenters. The Kier molecular flexibility index (Phi) is 6.57. The average Bonchev–Trinajstić information content (AvgIpc) is 3.40. The Hall–Kier alpha value is -3.08. The molecule has 1 amide bonds. The predicted molar refractivity (Wildman–Crippen MR) is 121 cm³/mol. The fourth-order valence-electron chi connectivity index (χ4n) is 3.96. The van der Waals surface area contributed by atoms with Gasteiger partial charge < -0.3 is 10.2 Å². The summed E-state index contributed by atoms with van der Waals surface area (Å²) in [7, 11) is 0. The molecule has 6 nitrogen and oxygen atoms in total. The quantitative estimate of drug-likeness (QED) is 0.482. The van der Waals surface area contributed by atoms with Gasteiger partial charge in [-0.3, -0.25) is 4.79 Å². The Balaban J connectivity index is 1.55. The van der Waals surface area contributed by atoms with Crippen molar-refractivity contribution in [3.8, 4) is 10.4 Å². The number of anilines is 1. The number of aryl methyl sites for hydroxylation is 2. The maximum atomic E-state index is 13.4. The second-order valence-corrected chi connectivity index (χ2v) is 9.40. The van der Waals surface area contributed by atoms with E-state index in [2.05, 4.69) is 20.3 Å². The Labute approximate surface area is 198 Å². The van der Waals surface area contributed by atoms with Crippen molar-refractivity contribution < 1.29 is 22.4 Å². The number of hydrogen-bond donors (Lipinski definition) is 1. The van der Waals surface area contributed by atoms with Crippen LogP contribution in [0.15, 0.2) is 24.3 Å². The van der Waals surface area contributed by atoms with Crippen LogP contribution in [0, 0.1) is 26.6 Å². The predicted octanol–water partition coefficient (Wildman–Crippen LogP) is 5.40. The third-order valence-electron chi connectivity index (χ3n) is 5.83. The summed E-state index contributed by atoms with van der Waals surface area (Å²) in [6, 6.07) is 5.66. The van der Waals surface area contributed by atoms with Crippen molar-refractivity contribution in [2.24, 2.45) is 0 Å². The number of halogens is 4. The highest BCUT2D eigenvalue weighted by molar-refractivity contribution is 7.15. The molecule has 180 valence electrons. The minimum Gasteiger partial charge on any atom is -0.368 e. The highest BCUT2D eigenvalue weighted by Gasteiger charge is 2.36. The van der Waals surface area contributed by atoms with Gasteiger partial charge in [-0.2, -0.15) is 13.2 Å². The van der Waals surface area contributed by atoms with Crippen LogP contribution in [-0.4, -0.2) is 44.9 Å². The molecular formula is C23H23F4N5OS. The molecule has 34 heavy (non-hydrogen) atoms. The molecule has 11 heteroatoms. The lowest BCUT2D eigenvalue weighted by Gasteiger charge is -2.25. The largest absolute Gasteiger partial charge is 0.451 e. The summed E-state index contributed by atoms with van der Waals surface area (Å²) in [5.74, 6) is -1.71. The number of carbonyl (C=O) groups excluding carboxylic acids is 1. The Morgan fingerprint density at radius 3 is 2.53 bits per heavy atom. The van der Waals surface area contributed by atoms with Crippen LogP contribution < -0.4 is 5.32 Å². The van der Waals surface area contributed by atoms with E-state index in [9.17, 15) is 22.4 Å². The summed E-state index contributed by atoms with van der Waals surface area (Å²) < 4.78 is 52.8. The lowest BCUT2D eigenvalue weighted by molar-refractivity contribution is -0.145. The third kappa shape index (κ3) is 4.89. The standard InChI is InChI=1S/C23H23F4N5OS/c1-12-13(2)29-22(23(25,26)27)31-20(12)28-11-17-5-4-10-32(17)21(33)18-19(34-14(3)30-18)15-6-8-16(24)9-7-15/h6-9,17H,4-5,10-11H2,1-3H3,(H,28,29,31)/t17-/m0/s1. The maximum Gasteiger partial charge on any atom is 0.451 e. The zero-order valence-electron chi connectivity index (χ0n) is 18.8. The van der Waals surface area contributed by atoms with E-state index in [1.54, 1.807) is 30.9 Å². The maximum absolute atomic E-state index is 13.4. The highest BCUT2D eigenvalue weighted by atomic mass is 32.1. The second kappa shape index (κ2) is 9.28. The molecule has 0 saturated carbocycles. The summed E-state index contributed by atoms with van der Waals surface area (Å²) in [4.78, 5) is 27.5. The molecule has 3 heterocycles. The van der Waals surface area contributed by atoms with Gasteiger partial charge in [-0.05, 0) is 51.3 Å². The lowest BCUT2D eigenvalue weighted by Crippen LogP contribution is -2.40. The van der Waals surface area contributed by atoms with Gasteiger partial charge in [-0.25, -0.2) is 19.3 Å². The van der Waals surface area contributed by atoms with Gasteiger partial charge in [0.15, 0.2) is 0 Å². The van der Waals surface area contributed by atoms with Gasteiger partial charge in [0.25, 0.3) is 5.91 Å². The summed E-state index contributed by atoms with van der Waals surface area (Å²) in [6.45, 7) is 5.72. The van der Waals surface area contributed by atoms with Crippen molar-refractivity contribution >= 4 is 23.1 Å². The number of likely N-dealkylation sites (tertiary alicyclic amines) is 1. The molecule has 0 radical (unpaired) electrons. The Morgan fingerprint density at radius 1 is 1.15 bits per heavy atom. The van der Waals surface area contributed by atoms with Gasteiger partial charge in [0, 0.05) is 30.4 Å². The second-order valence-electron chi connectivity index (χ2n) is 8.20. The fraction of sp³-hybridized carbons (Fsp3) is 0.391. The first-order valence-corrected chi connectivity index (χ1v) is 11.6. The molecular weight excluding hydrogens is 470 g/mol. The number of carbonyl (C=O) groups is 1. The Bertz CT molecular complexity index is 1210. The third-order valence-corrected chi connectivity index (χ3v) is 6.85. The van der Waals surface area contributed by atoms with Crippen LogP contribution in [0.1, 0.15) is 45.4 Å². The van der Waals surface area contributed by atoms with E-state index in [0.717, 1.165) is 6.42 Å². The normalized spacial score (nSPS) is 16.2. The number of benzene rings is 1. The van der Waals surface area contributed by atoms with Crippen LogP contribution in [0.5, 0.6) is 0 Å². The smallest absolute Gasteiger partial charge is 0.368 e. The number of hydrogen-bond acceptors (Lipinski definition) is 6. The first kappa shape index (κ1) is 24.1. The monoisotopic (exact) mass is 493 g/mol. The molecule has 1 N–H and O–H groups in total. The van der Waals surface area contributed by atoms with Crippen molar-refractivity contribution in [2.45, 2.75) is 45.8 Å². The Morgan fingerprint density at radius 2 is 1.85 bits per heavy atom. The van der Waals surface area contributed by atoms with Crippen molar-refractivity contribution in [1.82, 2.24) is 19.9 Å². The molecule has 0 spiro atoms. The summed E-state index contributed by atoms with van der Waals surface area (Å²) >= 11 is 1.36. The summed E-state index contributed by atoms with van der Waals surface area (Å²) in [6.07, 6.45) is -3.19. The van der Waals surface area contributed by atoms with E-state index < -0.39 is 12.0 Å². The molecule has 4 rings (SSSR count). The molecule has 1 fully saturated rings. The van der Waals surface area contributed by atoms with Gasteiger partial charge in [-0.15, -0.1) is 11.3 Å². The van der Waals surface area contributed by atoms with E-state index >= 15 is 0 Å². The van der Waals surface area contributed by atoms with Gasteiger partial charge >= 0.3 is 6.18 Å². The molecule has 1 aliphatic rings. The van der Waals surface area contributed by atoms with Crippen molar-refractivity contribution in [2.75, 3.05) is 18.4 Å². The van der Waals surface area contributed by atoms with Crippen LogP contribution in [0.4, 0.5) is 23.4 Å². The van der Waals surface area contributed by atoms with E-state index in [4.69, 9.17) is 0 Å². The average molecular weight is 494 g/mol. The van der Waals surface area contributed by atoms with E-state index in [1.807, 2.05) is 0 Å². The fourth-order valence-corrected chi connectivity index (χ4v) is 4.88. The number of amides is 1. The molecule has 3 aromatic rings. The zero-order valence-corrected chi connectivity index (χ0v) is 19.6. The number of nitrogens with one attached hydrogen (secondary N) is 1. The topological polar surface area (TPSA) is 71.0 Å². The molecule has 2 aromatic heterocycles. The molecule has 1 aliphatic heterocycles. The molecule has 0 bridgehead atoms. The van der Waals surface area contributed by atoms with E-state index in [0.29, 0.717) is 39.7 Å². The van der Waals surface area contributed by atoms with Crippen LogP contribution >= 0.6 is 11.3 Å². The summed E-state index contributed by atoms with van der Waals surface area (Å²) in [5.41, 5.74) is 1.77. The van der Waals surface area contributed by atoms with Crippen LogP contribution in [-0.2, 0) is 6.18 Å². The SMILES string of the molecule is Cc1nc(C(=O)N2CCC[C@H]2CNc2nc(C(F)(F)F)nc(C)c2C)c(-c2ccc(F)cc2)s1. The highest BCUT2D eigenvalue weighted by Crippen LogP contribution is 2.33. The molecule has 1 saturated heterocycles. The van der Waals surface area contributed by atoms with Crippen molar-refractivity contribution in [1.29, 1.82) is 0 Å². The minimum atomic E-state index is -4.65. The number of rotatable bonds is 5. The first-order valence-electron chi connectivity index (χ1n) is 10.7. The van der Waals surface area contributed by atoms with Crippen LogP contribution in [0.25, 0.3) is 10.4 Å². The number of aromatic nitrogens is 3. The molecule has 1 atom stereocenters. The molecule has 1 aromatic carbocycles. The van der Waals surface area contributed by atoms with Gasteiger partial charge in [0.2, 0.25) is 5.82 Å². The zero-order chi connectivity index (χ0) is 24.6. The minimum absolute atomic E-state index is 0.107.